The third-order valence-electron chi connectivity index (χ3n) is 3.10. The maximum Gasteiger partial charge on any atom is 0.249 e. The van der Waals surface area contributed by atoms with Crippen molar-refractivity contribution >= 4 is 29.9 Å². The van der Waals surface area contributed by atoms with Gasteiger partial charge < -0.3 is 15.0 Å². The maximum absolute atomic E-state index is 12.0. The number of hydrogen-bond donors (Lipinski definition) is 1. The van der Waals surface area contributed by atoms with Gasteiger partial charge in [0.1, 0.15) is 6.61 Å². The number of carbonyl (C=O) groups is 1. The molecule has 0 aliphatic carbocycles. The van der Waals surface area contributed by atoms with Gasteiger partial charge in [-0.3, -0.25) is 4.79 Å². The molecule has 1 unspecified atom stereocenters. The van der Waals surface area contributed by atoms with Crippen molar-refractivity contribution in [2.75, 3.05) is 33.4 Å². The molecule has 1 fully saturated rings. The van der Waals surface area contributed by atoms with Gasteiger partial charge in [0.2, 0.25) is 5.91 Å². The molecule has 1 atom stereocenters. The standard InChI is InChI=1S/C13H17ClN2O2.ClH/c1-18-9-13(17)16-7-6-15-8-12(16)10-4-2-3-5-11(10)14;/h2-5,12,15H,6-9H2,1H3;1H. The molecule has 0 radical (unpaired) electrons. The molecule has 2 rings (SSSR count). The molecule has 0 bridgehead atoms. The Labute approximate surface area is 124 Å². The molecule has 1 heterocycles. The lowest BCUT2D eigenvalue weighted by Crippen LogP contribution is -2.49. The van der Waals surface area contributed by atoms with E-state index in [-0.39, 0.29) is 31.0 Å². The molecule has 4 nitrogen and oxygen atoms in total. The van der Waals surface area contributed by atoms with Crippen LogP contribution in [0.15, 0.2) is 24.3 Å². The van der Waals surface area contributed by atoms with E-state index in [0.29, 0.717) is 11.6 Å². The first kappa shape index (κ1) is 16.2. The summed E-state index contributed by atoms with van der Waals surface area (Å²) in [6, 6.07) is 7.63. The highest BCUT2D eigenvalue weighted by Gasteiger charge is 2.28. The van der Waals surface area contributed by atoms with Gasteiger partial charge in [-0.2, -0.15) is 0 Å². The van der Waals surface area contributed by atoms with Crippen LogP contribution in [0, 0.1) is 0 Å². The Bertz CT molecular complexity index is 429. The molecule has 1 aliphatic rings. The average Bonchev–Trinajstić information content (AvgIpc) is 2.40. The van der Waals surface area contributed by atoms with Crippen molar-refractivity contribution < 1.29 is 9.53 Å². The van der Waals surface area contributed by atoms with Crippen molar-refractivity contribution in [3.05, 3.63) is 34.9 Å². The topological polar surface area (TPSA) is 41.6 Å². The lowest BCUT2D eigenvalue weighted by Gasteiger charge is -2.36. The van der Waals surface area contributed by atoms with Crippen molar-refractivity contribution in [2.24, 2.45) is 0 Å². The van der Waals surface area contributed by atoms with Crippen LogP contribution in [0.1, 0.15) is 11.6 Å². The molecule has 1 aliphatic heterocycles. The number of nitrogens with zero attached hydrogens (tertiary/aromatic N) is 1. The molecular weight excluding hydrogens is 287 g/mol. The minimum absolute atomic E-state index is 0. The van der Waals surface area contributed by atoms with E-state index in [2.05, 4.69) is 5.32 Å². The highest BCUT2D eigenvalue weighted by molar-refractivity contribution is 6.31. The van der Waals surface area contributed by atoms with Gasteiger partial charge in [-0.25, -0.2) is 0 Å². The molecule has 0 spiro atoms. The number of benzene rings is 1. The molecule has 106 valence electrons. The Hall–Kier alpha value is -0.810. The molecule has 0 aromatic heterocycles. The van der Waals surface area contributed by atoms with Crippen molar-refractivity contribution in [1.29, 1.82) is 0 Å². The molecule has 0 saturated carbocycles. The van der Waals surface area contributed by atoms with Crippen LogP contribution >= 0.6 is 24.0 Å². The monoisotopic (exact) mass is 304 g/mol. The minimum atomic E-state index is -0.0184. The lowest BCUT2D eigenvalue weighted by molar-refractivity contribution is -0.138. The van der Waals surface area contributed by atoms with Crippen LogP contribution in [0.5, 0.6) is 0 Å². The van der Waals surface area contributed by atoms with Crippen molar-refractivity contribution in [3.63, 3.8) is 0 Å². The fourth-order valence-corrected chi connectivity index (χ4v) is 2.49. The summed E-state index contributed by atoms with van der Waals surface area (Å²) in [6.45, 7) is 2.31. The highest BCUT2D eigenvalue weighted by Crippen LogP contribution is 2.28. The summed E-state index contributed by atoms with van der Waals surface area (Å²) < 4.78 is 4.93. The summed E-state index contributed by atoms with van der Waals surface area (Å²) in [5.74, 6) is 0.00363. The third kappa shape index (κ3) is 3.83. The van der Waals surface area contributed by atoms with Crippen LogP contribution in [0.2, 0.25) is 5.02 Å². The van der Waals surface area contributed by atoms with Gasteiger partial charge in [0.25, 0.3) is 0 Å². The van der Waals surface area contributed by atoms with Crippen LogP contribution in [-0.4, -0.2) is 44.2 Å². The van der Waals surface area contributed by atoms with E-state index in [0.717, 1.165) is 18.7 Å². The summed E-state index contributed by atoms with van der Waals surface area (Å²) >= 11 is 6.21. The smallest absolute Gasteiger partial charge is 0.249 e. The van der Waals surface area contributed by atoms with E-state index >= 15 is 0 Å². The number of carbonyl (C=O) groups excluding carboxylic acids is 1. The van der Waals surface area contributed by atoms with Crippen molar-refractivity contribution in [1.82, 2.24) is 10.2 Å². The maximum atomic E-state index is 12.0. The number of amides is 1. The zero-order valence-corrected chi connectivity index (χ0v) is 12.3. The normalized spacial score (nSPS) is 18.8. The molecule has 1 saturated heterocycles. The van der Waals surface area contributed by atoms with Crippen LogP contribution < -0.4 is 5.32 Å². The molecule has 1 aromatic carbocycles. The van der Waals surface area contributed by atoms with Crippen LogP contribution in [-0.2, 0) is 9.53 Å². The van der Waals surface area contributed by atoms with Crippen molar-refractivity contribution in [2.45, 2.75) is 6.04 Å². The number of ether oxygens (including phenoxy) is 1. The fraction of sp³-hybridized carbons (Fsp3) is 0.462. The van der Waals surface area contributed by atoms with E-state index < -0.39 is 0 Å². The second kappa shape index (κ2) is 7.70. The van der Waals surface area contributed by atoms with Crippen LogP contribution in [0.4, 0.5) is 0 Å². The molecular formula is C13H18Cl2N2O2. The second-order valence-electron chi connectivity index (χ2n) is 4.26. The Kier molecular flexibility index (Phi) is 6.58. The second-order valence-corrected chi connectivity index (χ2v) is 4.67. The summed E-state index contributed by atoms with van der Waals surface area (Å²) in [5.41, 5.74) is 0.982. The Morgan fingerprint density at radius 3 is 2.95 bits per heavy atom. The quantitative estimate of drug-likeness (QED) is 0.927. The number of methoxy groups -OCH3 is 1. The van der Waals surface area contributed by atoms with Crippen LogP contribution in [0.3, 0.4) is 0 Å². The van der Waals surface area contributed by atoms with E-state index in [1.165, 1.54) is 7.11 Å². The van der Waals surface area contributed by atoms with E-state index in [1.807, 2.05) is 29.2 Å². The molecule has 6 heteroatoms. The third-order valence-corrected chi connectivity index (χ3v) is 3.44. The zero-order chi connectivity index (χ0) is 13.0. The fourth-order valence-electron chi connectivity index (χ4n) is 2.23. The highest BCUT2D eigenvalue weighted by atomic mass is 35.5. The number of piperazine rings is 1. The minimum Gasteiger partial charge on any atom is -0.375 e. The zero-order valence-electron chi connectivity index (χ0n) is 10.8. The Morgan fingerprint density at radius 2 is 2.26 bits per heavy atom. The summed E-state index contributed by atoms with van der Waals surface area (Å²) in [4.78, 5) is 13.9. The number of halogens is 2. The Balaban J connectivity index is 0.00000180. The van der Waals surface area contributed by atoms with E-state index in [9.17, 15) is 4.79 Å². The largest absolute Gasteiger partial charge is 0.375 e. The predicted molar refractivity (Wildman–Crippen MR) is 77.9 cm³/mol. The average molecular weight is 305 g/mol. The van der Waals surface area contributed by atoms with Gasteiger partial charge in [0, 0.05) is 31.8 Å². The van der Waals surface area contributed by atoms with Gasteiger partial charge in [-0.1, -0.05) is 29.8 Å². The number of rotatable bonds is 3. The van der Waals surface area contributed by atoms with Gasteiger partial charge in [-0.15, -0.1) is 12.4 Å². The first-order valence-corrected chi connectivity index (χ1v) is 6.35. The predicted octanol–water partition coefficient (Wildman–Crippen LogP) is 1.88. The van der Waals surface area contributed by atoms with E-state index in [1.54, 1.807) is 0 Å². The Morgan fingerprint density at radius 1 is 1.53 bits per heavy atom. The molecule has 1 aromatic rings. The van der Waals surface area contributed by atoms with Gasteiger partial charge in [-0.05, 0) is 11.6 Å². The molecule has 1 amide bonds. The lowest BCUT2D eigenvalue weighted by atomic mass is 10.0. The van der Waals surface area contributed by atoms with Gasteiger partial charge in [0.05, 0.1) is 6.04 Å². The van der Waals surface area contributed by atoms with Gasteiger partial charge in [0.15, 0.2) is 0 Å². The summed E-state index contributed by atoms with van der Waals surface area (Å²) in [6.07, 6.45) is 0. The molecule has 19 heavy (non-hydrogen) atoms. The summed E-state index contributed by atoms with van der Waals surface area (Å²) in [7, 11) is 1.53. The molecule has 1 N–H and O–H groups in total. The van der Waals surface area contributed by atoms with Crippen LogP contribution in [0.25, 0.3) is 0 Å². The van der Waals surface area contributed by atoms with E-state index in [4.69, 9.17) is 16.3 Å². The van der Waals surface area contributed by atoms with Gasteiger partial charge >= 0.3 is 0 Å². The first-order chi connectivity index (χ1) is 8.74. The SMILES string of the molecule is COCC(=O)N1CCNCC1c1ccccc1Cl.Cl. The summed E-state index contributed by atoms with van der Waals surface area (Å²) in [5, 5.41) is 3.99. The van der Waals surface area contributed by atoms with Crippen molar-refractivity contribution in [3.8, 4) is 0 Å². The first-order valence-electron chi connectivity index (χ1n) is 5.97. The number of hydrogen-bond acceptors (Lipinski definition) is 3. The number of nitrogens with one attached hydrogen (secondary N) is 1.